The number of carbonyl (C=O) groups excluding carboxylic acids is 1. The molecule has 32 heavy (non-hydrogen) atoms. The number of esters is 1. The molecule has 0 saturated heterocycles. The number of halogens is 3. The van der Waals surface area contributed by atoms with Gasteiger partial charge in [0.25, 0.3) is 0 Å². The zero-order valence-electron chi connectivity index (χ0n) is 18.9. The molecule has 0 spiro atoms. The number of hydrogen-bond donors (Lipinski definition) is 1. The normalized spacial score (nSPS) is 23.7. The molecule has 3 rings (SSSR count). The van der Waals surface area contributed by atoms with Gasteiger partial charge in [-0.25, -0.2) is 13.6 Å². The molecule has 1 aromatic rings. The number of alkyl halides is 2. The predicted octanol–water partition coefficient (Wildman–Crippen LogP) is 1.48. The summed E-state index contributed by atoms with van der Waals surface area (Å²) in [4.78, 5) is 17.4. The van der Waals surface area contributed by atoms with Crippen LogP contribution in [0.2, 0.25) is 0 Å². The molecule has 0 amide bonds. The Morgan fingerprint density at radius 2 is 1.81 bits per heavy atom. The van der Waals surface area contributed by atoms with Crippen molar-refractivity contribution in [1.82, 2.24) is 9.80 Å². The lowest BCUT2D eigenvalue weighted by Crippen LogP contribution is -3.00. The fraction of sp³-hybridized carbons (Fsp3) is 0.625. The summed E-state index contributed by atoms with van der Waals surface area (Å²) < 4.78 is 33.1. The zero-order chi connectivity index (χ0) is 22.5. The van der Waals surface area contributed by atoms with Gasteiger partial charge in [0.1, 0.15) is 0 Å². The van der Waals surface area contributed by atoms with E-state index >= 15 is 0 Å². The summed E-state index contributed by atoms with van der Waals surface area (Å²) in [5, 5.41) is 11.3. The molecule has 5 nitrogen and oxygen atoms in total. The van der Waals surface area contributed by atoms with Gasteiger partial charge in [0.2, 0.25) is 5.92 Å². The van der Waals surface area contributed by atoms with Crippen LogP contribution < -0.4 is 17.0 Å². The quantitative estimate of drug-likeness (QED) is 0.378. The summed E-state index contributed by atoms with van der Waals surface area (Å²) in [7, 11) is 0. The van der Waals surface area contributed by atoms with Gasteiger partial charge in [-0.1, -0.05) is 43.7 Å². The first kappa shape index (κ1) is 26.6. The number of rotatable bonds is 10. The molecule has 180 valence electrons. The Morgan fingerprint density at radius 3 is 2.38 bits per heavy atom. The van der Waals surface area contributed by atoms with Gasteiger partial charge in [0, 0.05) is 44.2 Å². The summed E-state index contributed by atoms with van der Waals surface area (Å²) in [6, 6.07) is 8.32. The Labute approximate surface area is 200 Å². The van der Waals surface area contributed by atoms with Crippen molar-refractivity contribution in [3.05, 3.63) is 48.3 Å². The van der Waals surface area contributed by atoms with E-state index in [4.69, 9.17) is 4.74 Å². The minimum Gasteiger partial charge on any atom is -1.00 e. The SMILES string of the molecule is CCCCN1C=CN(CCCOC(=O)[C@](O)(c2ccccc2)[C@@H]2CCC(F)(F)C2)C1C.[Br-]. The second-order valence-corrected chi connectivity index (χ2v) is 8.68. The highest BCUT2D eigenvalue weighted by Gasteiger charge is 2.54. The van der Waals surface area contributed by atoms with Gasteiger partial charge in [-0.15, -0.1) is 0 Å². The highest BCUT2D eigenvalue weighted by atomic mass is 79.9. The van der Waals surface area contributed by atoms with Crippen molar-refractivity contribution < 1.29 is 40.4 Å². The monoisotopic (exact) mass is 515 g/mol. The molecule has 2 aliphatic rings. The van der Waals surface area contributed by atoms with Crippen LogP contribution in [0.4, 0.5) is 8.78 Å². The van der Waals surface area contributed by atoms with E-state index in [2.05, 4.69) is 29.8 Å². The second-order valence-electron chi connectivity index (χ2n) is 8.68. The van der Waals surface area contributed by atoms with Crippen LogP contribution in [-0.2, 0) is 15.1 Å². The third-order valence-corrected chi connectivity index (χ3v) is 6.49. The van der Waals surface area contributed by atoms with E-state index in [1.165, 1.54) is 0 Å². The van der Waals surface area contributed by atoms with Crippen LogP contribution in [0.15, 0.2) is 42.7 Å². The zero-order valence-corrected chi connectivity index (χ0v) is 20.4. The molecular weight excluding hydrogens is 482 g/mol. The summed E-state index contributed by atoms with van der Waals surface area (Å²) in [5.74, 6) is -4.57. The molecular formula is C24H34BrF2N2O3-. The fourth-order valence-corrected chi connectivity index (χ4v) is 4.52. The minimum atomic E-state index is -2.87. The van der Waals surface area contributed by atoms with E-state index < -0.39 is 29.8 Å². The van der Waals surface area contributed by atoms with Gasteiger partial charge >= 0.3 is 5.97 Å². The fourth-order valence-electron chi connectivity index (χ4n) is 4.52. The Balaban J connectivity index is 0.00000363. The van der Waals surface area contributed by atoms with Gasteiger partial charge in [-0.2, -0.15) is 0 Å². The standard InChI is InChI=1S/C24H34F2N2O3.BrH/c1-3-4-13-27-15-16-28(19(27)2)14-8-17-31-22(29)24(30,20-9-6-5-7-10-20)21-11-12-23(25,26)18-21;/h5-7,9-10,15-16,19,21,30H,3-4,8,11-14,17-18H2,1-2H3;1H/p-1/t19?,21-,24+;/m1./s1. The number of aliphatic hydroxyl groups is 1. The number of unbranched alkanes of at least 4 members (excludes halogenated alkanes) is 1. The summed E-state index contributed by atoms with van der Waals surface area (Å²) in [6.07, 6.45) is 6.49. The number of benzene rings is 1. The topological polar surface area (TPSA) is 53.0 Å². The van der Waals surface area contributed by atoms with Gasteiger partial charge < -0.3 is 36.6 Å². The third-order valence-electron chi connectivity index (χ3n) is 6.49. The molecule has 1 N–H and O–H groups in total. The lowest BCUT2D eigenvalue weighted by atomic mass is 9.80. The van der Waals surface area contributed by atoms with E-state index in [0.717, 1.165) is 19.4 Å². The van der Waals surface area contributed by atoms with Crippen molar-refractivity contribution in [2.75, 3.05) is 19.7 Å². The first-order valence-corrected chi connectivity index (χ1v) is 11.3. The van der Waals surface area contributed by atoms with Crippen molar-refractivity contribution in [1.29, 1.82) is 0 Å². The van der Waals surface area contributed by atoms with E-state index in [-0.39, 0.29) is 42.6 Å². The first-order chi connectivity index (χ1) is 14.8. The van der Waals surface area contributed by atoms with Crippen LogP contribution in [-0.4, -0.2) is 52.7 Å². The predicted molar refractivity (Wildman–Crippen MR) is 115 cm³/mol. The van der Waals surface area contributed by atoms with E-state index in [0.29, 0.717) is 18.5 Å². The van der Waals surface area contributed by atoms with Gasteiger partial charge in [0.15, 0.2) is 5.60 Å². The Hall–Kier alpha value is -1.67. The van der Waals surface area contributed by atoms with Gasteiger partial charge in [0.05, 0.1) is 12.8 Å². The summed E-state index contributed by atoms with van der Waals surface area (Å²) in [6.45, 7) is 6.15. The molecule has 1 saturated carbocycles. The highest BCUT2D eigenvalue weighted by Crippen LogP contribution is 2.47. The highest BCUT2D eigenvalue weighted by molar-refractivity contribution is 5.81. The van der Waals surface area contributed by atoms with Gasteiger partial charge in [-0.05, 0) is 31.7 Å². The molecule has 3 atom stereocenters. The van der Waals surface area contributed by atoms with Crippen molar-refractivity contribution in [2.24, 2.45) is 5.92 Å². The average molecular weight is 516 g/mol. The van der Waals surface area contributed by atoms with Crippen LogP contribution in [0.25, 0.3) is 0 Å². The molecule has 1 aromatic carbocycles. The van der Waals surface area contributed by atoms with Gasteiger partial charge in [-0.3, -0.25) is 0 Å². The molecule has 1 aliphatic heterocycles. The van der Waals surface area contributed by atoms with Crippen LogP contribution in [0, 0.1) is 5.92 Å². The molecule has 8 heteroatoms. The smallest absolute Gasteiger partial charge is 0.343 e. The molecule has 0 bridgehead atoms. The largest absolute Gasteiger partial charge is 1.00 e. The number of carbonyl (C=O) groups is 1. The number of nitrogens with zero attached hydrogens (tertiary/aromatic N) is 2. The van der Waals surface area contributed by atoms with Crippen LogP contribution >= 0.6 is 0 Å². The molecule has 1 unspecified atom stereocenters. The molecule has 1 fully saturated rings. The summed E-state index contributed by atoms with van der Waals surface area (Å²) in [5.41, 5.74) is -1.75. The Bertz CT molecular complexity index is 765. The van der Waals surface area contributed by atoms with Crippen molar-refractivity contribution in [3.63, 3.8) is 0 Å². The maximum absolute atomic E-state index is 13.9. The maximum Gasteiger partial charge on any atom is 0.343 e. The second kappa shape index (κ2) is 11.5. The molecule has 1 aliphatic carbocycles. The van der Waals surface area contributed by atoms with Crippen molar-refractivity contribution >= 4 is 5.97 Å². The van der Waals surface area contributed by atoms with Crippen molar-refractivity contribution in [3.8, 4) is 0 Å². The van der Waals surface area contributed by atoms with Crippen LogP contribution in [0.1, 0.15) is 57.9 Å². The lowest BCUT2D eigenvalue weighted by molar-refractivity contribution is -0.175. The minimum absolute atomic E-state index is 0. The van der Waals surface area contributed by atoms with E-state index in [1.54, 1.807) is 30.3 Å². The molecule has 1 heterocycles. The third kappa shape index (κ3) is 6.01. The molecule has 0 aromatic heterocycles. The Morgan fingerprint density at radius 1 is 1.19 bits per heavy atom. The Kier molecular flexibility index (Phi) is 9.52. The summed E-state index contributed by atoms with van der Waals surface area (Å²) >= 11 is 0. The van der Waals surface area contributed by atoms with Crippen LogP contribution in [0.5, 0.6) is 0 Å². The number of ether oxygens (including phenoxy) is 1. The van der Waals surface area contributed by atoms with E-state index in [1.807, 2.05) is 6.20 Å². The molecule has 0 radical (unpaired) electrons. The maximum atomic E-state index is 13.9. The van der Waals surface area contributed by atoms with Crippen LogP contribution in [0.3, 0.4) is 0 Å². The lowest BCUT2D eigenvalue weighted by Gasteiger charge is -2.32. The van der Waals surface area contributed by atoms with E-state index in [9.17, 15) is 18.7 Å². The average Bonchev–Trinajstić information content (AvgIpc) is 3.31. The van der Waals surface area contributed by atoms with Crippen molar-refractivity contribution in [2.45, 2.75) is 70.1 Å². The first-order valence-electron chi connectivity index (χ1n) is 11.3. The number of hydrogen-bond acceptors (Lipinski definition) is 5.